The van der Waals surface area contributed by atoms with Gasteiger partial charge in [-0.2, -0.15) is 5.10 Å². The molecule has 1 unspecified atom stereocenters. The van der Waals surface area contributed by atoms with Crippen molar-refractivity contribution in [1.82, 2.24) is 15.1 Å². The van der Waals surface area contributed by atoms with E-state index in [4.69, 9.17) is 5.73 Å². The molecule has 28 heavy (non-hydrogen) atoms. The highest BCUT2D eigenvalue weighted by molar-refractivity contribution is 5.81. The highest BCUT2D eigenvalue weighted by Crippen LogP contribution is 2.21. The summed E-state index contributed by atoms with van der Waals surface area (Å²) in [6.07, 6.45) is 5.34. The van der Waals surface area contributed by atoms with Crippen LogP contribution in [0.15, 0.2) is 48.7 Å². The third-order valence-electron chi connectivity index (χ3n) is 5.37. The number of amides is 1. The van der Waals surface area contributed by atoms with E-state index in [0.717, 1.165) is 36.2 Å². The molecule has 1 fully saturated rings. The maximum Gasteiger partial charge on any atom is 0.217 e. The molecule has 0 aliphatic carbocycles. The first-order valence-electron chi connectivity index (χ1n) is 9.94. The van der Waals surface area contributed by atoms with Gasteiger partial charge in [0.2, 0.25) is 5.91 Å². The number of primary amides is 1. The number of hydrogen-bond acceptors (Lipinski definition) is 4. The van der Waals surface area contributed by atoms with Gasteiger partial charge in [0.05, 0.1) is 11.7 Å². The number of aromatic amines is 1. The minimum atomic E-state index is -0.246. The molecule has 1 atom stereocenters. The number of rotatable bonds is 7. The van der Waals surface area contributed by atoms with Crippen LogP contribution in [0.2, 0.25) is 0 Å². The van der Waals surface area contributed by atoms with Gasteiger partial charge in [0.1, 0.15) is 0 Å². The predicted octanol–water partition coefficient (Wildman–Crippen LogP) is 3.06. The molecular weight excluding hydrogens is 350 g/mol. The van der Waals surface area contributed by atoms with Gasteiger partial charge in [-0.25, -0.2) is 0 Å². The fraction of sp³-hybridized carbons (Fsp3) is 0.364. The number of nitrogens with two attached hydrogens (primary N) is 1. The molecule has 2 aromatic carbocycles. The Morgan fingerprint density at radius 3 is 3.04 bits per heavy atom. The van der Waals surface area contributed by atoms with Crippen LogP contribution in [0.1, 0.15) is 30.4 Å². The summed E-state index contributed by atoms with van der Waals surface area (Å²) in [5.41, 5.74) is 9.95. The molecule has 3 aromatic rings. The summed E-state index contributed by atoms with van der Waals surface area (Å²) in [7, 11) is 0. The Kier molecular flexibility index (Phi) is 5.58. The largest absolute Gasteiger partial charge is 0.381 e. The predicted molar refractivity (Wildman–Crippen MR) is 112 cm³/mol. The summed E-state index contributed by atoms with van der Waals surface area (Å²) < 4.78 is 0. The molecule has 6 heteroatoms. The third-order valence-corrected chi connectivity index (χ3v) is 5.37. The molecule has 0 spiro atoms. The topological polar surface area (TPSA) is 87.0 Å². The lowest BCUT2D eigenvalue weighted by Gasteiger charge is -2.33. The number of anilines is 1. The monoisotopic (exact) mass is 377 g/mol. The van der Waals surface area contributed by atoms with Gasteiger partial charge in [-0.3, -0.25) is 14.8 Å². The van der Waals surface area contributed by atoms with Gasteiger partial charge in [-0.1, -0.05) is 24.3 Å². The number of nitrogens with one attached hydrogen (secondary N) is 2. The molecule has 0 radical (unpaired) electrons. The number of piperidine rings is 1. The number of hydrogen-bond donors (Lipinski definition) is 3. The lowest BCUT2D eigenvalue weighted by molar-refractivity contribution is -0.117. The Morgan fingerprint density at radius 1 is 1.25 bits per heavy atom. The summed E-state index contributed by atoms with van der Waals surface area (Å²) in [6.45, 7) is 3.07. The van der Waals surface area contributed by atoms with Crippen LogP contribution in [0, 0.1) is 0 Å². The molecule has 0 saturated carbocycles. The van der Waals surface area contributed by atoms with E-state index in [1.165, 1.54) is 24.0 Å². The van der Waals surface area contributed by atoms with Crippen molar-refractivity contribution < 1.29 is 4.79 Å². The van der Waals surface area contributed by atoms with Crippen molar-refractivity contribution in [1.29, 1.82) is 0 Å². The first-order valence-corrected chi connectivity index (χ1v) is 9.94. The zero-order valence-electron chi connectivity index (χ0n) is 16.0. The fourth-order valence-corrected chi connectivity index (χ4v) is 3.99. The van der Waals surface area contributed by atoms with Crippen LogP contribution >= 0.6 is 0 Å². The molecule has 1 amide bonds. The molecule has 1 saturated heterocycles. The van der Waals surface area contributed by atoms with E-state index in [-0.39, 0.29) is 5.91 Å². The number of fused-ring (bicyclic) bond motifs is 1. The van der Waals surface area contributed by atoms with E-state index in [2.05, 4.69) is 62.9 Å². The molecule has 4 rings (SSSR count). The first-order chi connectivity index (χ1) is 13.7. The second kappa shape index (κ2) is 8.44. The minimum absolute atomic E-state index is 0.246. The average Bonchev–Trinajstić information content (AvgIpc) is 3.15. The maximum atomic E-state index is 11.0. The Hall–Kier alpha value is -2.86. The smallest absolute Gasteiger partial charge is 0.217 e. The molecule has 1 aromatic heterocycles. The number of carbonyl (C=O) groups is 1. The zero-order valence-corrected chi connectivity index (χ0v) is 16.0. The quantitative estimate of drug-likeness (QED) is 0.591. The molecule has 1 aliphatic heterocycles. The van der Waals surface area contributed by atoms with E-state index in [9.17, 15) is 4.79 Å². The van der Waals surface area contributed by atoms with E-state index in [1.54, 1.807) is 0 Å². The van der Waals surface area contributed by atoms with Gasteiger partial charge in [-0.05, 0) is 55.1 Å². The fourth-order valence-electron chi connectivity index (χ4n) is 3.99. The summed E-state index contributed by atoms with van der Waals surface area (Å²) in [6, 6.07) is 15.3. The van der Waals surface area contributed by atoms with Gasteiger partial charge in [0, 0.05) is 36.6 Å². The normalized spacial score (nSPS) is 17.6. The van der Waals surface area contributed by atoms with Crippen LogP contribution < -0.4 is 11.1 Å². The standard InChI is InChI=1S/C22H27N5O/c23-22(28)9-6-16-3-1-4-17(11-16)14-27-10-2-5-20(15-27)25-19-7-8-21-18(12-19)13-24-26-21/h1,3-4,7-8,11-13,20,25H,2,5-6,9-10,14-15H2,(H2,23,28)(H,24,26). The van der Waals surface area contributed by atoms with E-state index >= 15 is 0 Å². The van der Waals surface area contributed by atoms with E-state index < -0.39 is 0 Å². The third kappa shape index (κ3) is 4.70. The van der Waals surface area contributed by atoms with Gasteiger partial charge in [0.15, 0.2) is 0 Å². The van der Waals surface area contributed by atoms with E-state index in [1.807, 2.05) is 6.20 Å². The lowest BCUT2D eigenvalue weighted by atomic mass is 10.0. The van der Waals surface area contributed by atoms with E-state index in [0.29, 0.717) is 18.9 Å². The number of aryl methyl sites for hydroxylation is 1. The number of carbonyl (C=O) groups excluding carboxylic acids is 1. The zero-order chi connectivity index (χ0) is 19.3. The highest BCUT2D eigenvalue weighted by Gasteiger charge is 2.20. The highest BCUT2D eigenvalue weighted by atomic mass is 16.1. The Labute approximate surface area is 165 Å². The first kappa shape index (κ1) is 18.5. The van der Waals surface area contributed by atoms with Crippen molar-refractivity contribution in [2.24, 2.45) is 5.73 Å². The molecule has 1 aliphatic rings. The molecule has 4 N–H and O–H groups in total. The van der Waals surface area contributed by atoms with Crippen LogP contribution in [0.5, 0.6) is 0 Å². The Morgan fingerprint density at radius 2 is 2.14 bits per heavy atom. The molecule has 6 nitrogen and oxygen atoms in total. The van der Waals surface area contributed by atoms with Crippen molar-refractivity contribution in [3.8, 4) is 0 Å². The minimum Gasteiger partial charge on any atom is -0.381 e. The second-order valence-corrected chi connectivity index (χ2v) is 7.68. The molecule has 146 valence electrons. The van der Waals surface area contributed by atoms with Crippen molar-refractivity contribution >= 4 is 22.5 Å². The van der Waals surface area contributed by atoms with Crippen LogP contribution in [-0.4, -0.2) is 40.1 Å². The summed E-state index contributed by atoms with van der Waals surface area (Å²) in [4.78, 5) is 13.5. The van der Waals surface area contributed by atoms with Crippen LogP contribution in [-0.2, 0) is 17.8 Å². The maximum absolute atomic E-state index is 11.0. The van der Waals surface area contributed by atoms with Crippen molar-refractivity contribution in [3.63, 3.8) is 0 Å². The molecular formula is C22H27N5O. The lowest BCUT2D eigenvalue weighted by Crippen LogP contribution is -2.41. The summed E-state index contributed by atoms with van der Waals surface area (Å²) >= 11 is 0. The molecule has 0 bridgehead atoms. The number of benzene rings is 2. The Bertz CT molecular complexity index is 951. The molecule has 2 heterocycles. The van der Waals surface area contributed by atoms with Gasteiger partial charge < -0.3 is 11.1 Å². The summed E-state index contributed by atoms with van der Waals surface area (Å²) in [5.74, 6) is -0.246. The van der Waals surface area contributed by atoms with Gasteiger partial charge >= 0.3 is 0 Å². The van der Waals surface area contributed by atoms with Crippen LogP contribution in [0.3, 0.4) is 0 Å². The number of H-pyrrole nitrogens is 1. The number of likely N-dealkylation sites (tertiary alicyclic amines) is 1. The van der Waals surface area contributed by atoms with Crippen molar-refractivity contribution in [3.05, 3.63) is 59.8 Å². The summed E-state index contributed by atoms with van der Waals surface area (Å²) in [5, 5.41) is 11.9. The number of aromatic nitrogens is 2. The van der Waals surface area contributed by atoms with Gasteiger partial charge in [0.25, 0.3) is 0 Å². The Balaban J connectivity index is 1.35. The van der Waals surface area contributed by atoms with Crippen molar-refractivity contribution in [2.75, 3.05) is 18.4 Å². The average molecular weight is 377 g/mol. The van der Waals surface area contributed by atoms with Crippen LogP contribution in [0.4, 0.5) is 5.69 Å². The van der Waals surface area contributed by atoms with Crippen LogP contribution in [0.25, 0.3) is 10.9 Å². The van der Waals surface area contributed by atoms with Crippen molar-refractivity contribution in [2.45, 2.75) is 38.3 Å². The SMILES string of the molecule is NC(=O)CCc1cccc(CN2CCCC(Nc3ccc4[nH]ncc4c3)C2)c1. The number of nitrogens with zero attached hydrogens (tertiary/aromatic N) is 2. The van der Waals surface area contributed by atoms with Gasteiger partial charge in [-0.15, -0.1) is 0 Å². The second-order valence-electron chi connectivity index (χ2n) is 7.68.